The van der Waals surface area contributed by atoms with Gasteiger partial charge in [0, 0.05) is 6.54 Å². The van der Waals surface area contributed by atoms with Gasteiger partial charge in [0.05, 0.1) is 5.92 Å². The Morgan fingerprint density at radius 3 is 2.19 bits per heavy atom. The maximum atomic E-state index is 12.3. The van der Waals surface area contributed by atoms with Gasteiger partial charge in [0.2, 0.25) is 0 Å². The van der Waals surface area contributed by atoms with Crippen LogP contribution in [0, 0.1) is 11.8 Å². The molecule has 16 heavy (non-hydrogen) atoms. The first-order valence-electron chi connectivity index (χ1n) is 5.12. The quantitative estimate of drug-likeness (QED) is 0.442. The van der Waals surface area contributed by atoms with Crippen molar-refractivity contribution in [3.8, 4) is 0 Å². The summed E-state index contributed by atoms with van der Waals surface area (Å²) in [6.45, 7) is 0.111. The summed E-state index contributed by atoms with van der Waals surface area (Å²) < 4.78 is 37.0. The Labute approximate surface area is 91.2 Å². The van der Waals surface area contributed by atoms with Crippen LogP contribution in [-0.2, 0) is 0 Å². The maximum absolute atomic E-state index is 12.3. The van der Waals surface area contributed by atoms with Crippen LogP contribution in [0.2, 0.25) is 0 Å². The van der Waals surface area contributed by atoms with Gasteiger partial charge in [0.1, 0.15) is 0 Å². The van der Waals surface area contributed by atoms with Crippen molar-refractivity contribution >= 4 is 6.09 Å². The number of nitrogens with two attached hydrogens (primary N) is 1. The minimum atomic E-state index is -4.12. The number of amides is 1. The van der Waals surface area contributed by atoms with Gasteiger partial charge in [-0.3, -0.25) is 0 Å². The van der Waals surface area contributed by atoms with E-state index in [0.29, 0.717) is 17.9 Å². The van der Waals surface area contributed by atoms with E-state index in [1.54, 1.807) is 0 Å². The predicted molar refractivity (Wildman–Crippen MR) is 50.4 cm³/mol. The average Bonchev–Trinajstić information content (AvgIpc) is 2.17. The second-order valence-electron chi connectivity index (χ2n) is 4.19. The molecule has 0 aromatic heterocycles. The first kappa shape index (κ1) is 13.1. The fraction of sp³-hybridized carbons (Fsp3) is 0.889. The Bertz CT molecular complexity index is 250. The van der Waals surface area contributed by atoms with Gasteiger partial charge >= 0.3 is 12.3 Å². The van der Waals surface area contributed by atoms with Gasteiger partial charge in [-0.1, -0.05) is 0 Å². The van der Waals surface area contributed by atoms with Crippen LogP contribution in [0.5, 0.6) is 0 Å². The van der Waals surface area contributed by atoms with Crippen molar-refractivity contribution in [1.82, 2.24) is 5.01 Å². The molecular formula is C9H15F3N2O2. The van der Waals surface area contributed by atoms with Crippen LogP contribution >= 0.6 is 0 Å². The zero-order chi connectivity index (χ0) is 12.3. The normalized spacial score (nSPS) is 26.5. The first-order valence-corrected chi connectivity index (χ1v) is 5.12. The van der Waals surface area contributed by atoms with E-state index in [9.17, 15) is 18.0 Å². The molecule has 1 fully saturated rings. The molecular weight excluding hydrogens is 225 g/mol. The van der Waals surface area contributed by atoms with Crippen LogP contribution in [-0.4, -0.2) is 28.9 Å². The molecule has 1 rings (SSSR count). The number of carboxylic acid groups (broad SMARTS) is 1. The lowest BCUT2D eigenvalue weighted by Gasteiger charge is -2.31. The van der Waals surface area contributed by atoms with Crippen molar-refractivity contribution in [1.29, 1.82) is 0 Å². The van der Waals surface area contributed by atoms with E-state index in [0.717, 1.165) is 0 Å². The van der Waals surface area contributed by atoms with Gasteiger partial charge in [0.15, 0.2) is 0 Å². The molecule has 0 unspecified atom stereocenters. The van der Waals surface area contributed by atoms with Crippen molar-refractivity contribution in [2.45, 2.75) is 31.9 Å². The molecule has 0 spiro atoms. The van der Waals surface area contributed by atoms with Gasteiger partial charge in [-0.15, -0.1) is 0 Å². The van der Waals surface area contributed by atoms with Crippen LogP contribution in [0.25, 0.3) is 0 Å². The molecule has 1 saturated carbocycles. The molecule has 0 saturated heterocycles. The van der Waals surface area contributed by atoms with E-state index in [1.165, 1.54) is 0 Å². The number of rotatable bonds is 2. The van der Waals surface area contributed by atoms with Crippen LogP contribution < -0.4 is 5.84 Å². The maximum Gasteiger partial charge on any atom is 0.421 e. The van der Waals surface area contributed by atoms with Crippen molar-refractivity contribution < 1.29 is 23.1 Å². The lowest BCUT2D eigenvalue weighted by atomic mass is 9.81. The monoisotopic (exact) mass is 240 g/mol. The fourth-order valence-electron chi connectivity index (χ4n) is 2.03. The Hall–Kier alpha value is -0.980. The number of nitrogens with zero attached hydrogens (tertiary/aromatic N) is 1. The van der Waals surface area contributed by atoms with Gasteiger partial charge in [-0.05, 0) is 31.6 Å². The Morgan fingerprint density at radius 1 is 1.31 bits per heavy atom. The highest BCUT2D eigenvalue weighted by molar-refractivity contribution is 5.63. The number of hydrazine groups is 1. The summed E-state index contributed by atoms with van der Waals surface area (Å²) in [5, 5.41) is 9.15. The van der Waals surface area contributed by atoms with Gasteiger partial charge in [-0.25, -0.2) is 15.6 Å². The average molecular weight is 240 g/mol. The third kappa shape index (κ3) is 3.55. The van der Waals surface area contributed by atoms with E-state index in [-0.39, 0.29) is 25.3 Å². The van der Waals surface area contributed by atoms with Crippen molar-refractivity contribution in [3.05, 3.63) is 0 Å². The van der Waals surface area contributed by atoms with Gasteiger partial charge in [-0.2, -0.15) is 13.2 Å². The zero-order valence-corrected chi connectivity index (χ0v) is 8.70. The lowest BCUT2D eigenvalue weighted by Crippen LogP contribution is -2.41. The Kier molecular flexibility index (Phi) is 4.01. The summed E-state index contributed by atoms with van der Waals surface area (Å²) in [6, 6.07) is 0. The number of hydrogen-bond acceptors (Lipinski definition) is 2. The van der Waals surface area contributed by atoms with Crippen LogP contribution in [0.4, 0.5) is 18.0 Å². The molecule has 1 aliphatic carbocycles. The zero-order valence-electron chi connectivity index (χ0n) is 8.70. The van der Waals surface area contributed by atoms with Crippen LogP contribution in [0.3, 0.4) is 0 Å². The summed E-state index contributed by atoms with van der Waals surface area (Å²) in [6.07, 6.45) is -4.47. The molecule has 4 nitrogen and oxygen atoms in total. The molecule has 0 aromatic carbocycles. The standard InChI is InChI=1S/C9H15F3N2O2/c10-9(11,12)7-3-1-6(2-4-7)5-14(13)8(15)16/h6-7H,1-5,13H2,(H,15,16). The highest BCUT2D eigenvalue weighted by Gasteiger charge is 2.41. The summed E-state index contributed by atoms with van der Waals surface area (Å²) >= 11 is 0. The Morgan fingerprint density at radius 2 is 1.81 bits per heavy atom. The topological polar surface area (TPSA) is 66.6 Å². The van der Waals surface area contributed by atoms with E-state index in [2.05, 4.69) is 0 Å². The minimum absolute atomic E-state index is 0.0558. The summed E-state index contributed by atoms with van der Waals surface area (Å²) in [5.41, 5.74) is 0. The molecule has 1 amide bonds. The summed E-state index contributed by atoms with van der Waals surface area (Å²) in [7, 11) is 0. The van der Waals surface area contributed by atoms with E-state index in [4.69, 9.17) is 10.9 Å². The summed E-state index contributed by atoms with van der Waals surface area (Å²) in [4.78, 5) is 10.4. The third-order valence-electron chi connectivity index (χ3n) is 3.01. The van der Waals surface area contributed by atoms with Gasteiger partial charge in [0.25, 0.3) is 0 Å². The second kappa shape index (κ2) is 4.90. The highest BCUT2D eigenvalue weighted by atomic mass is 19.4. The Balaban J connectivity index is 2.35. The number of hydrogen-bond donors (Lipinski definition) is 2. The number of alkyl halides is 3. The molecule has 7 heteroatoms. The molecule has 94 valence electrons. The molecule has 0 bridgehead atoms. The van der Waals surface area contributed by atoms with E-state index in [1.807, 2.05) is 0 Å². The van der Waals surface area contributed by atoms with E-state index >= 15 is 0 Å². The van der Waals surface area contributed by atoms with E-state index < -0.39 is 18.2 Å². The fourth-order valence-corrected chi connectivity index (χ4v) is 2.03. The number of halogens is 3. The minimum Gasteiger partial charge on any atom is -0.464 e. The third-order valence-corrected chi connectivity index (χ3v) is 3.01. The SMILES string of the molecule is NN(CC1CCC(C(F)(F)F)CC1)C(=O)O. The lowest BCUT2D eigenvalue weighted by molar-refractivity contribution is -0.184. The molecule has 0 heterocycles. The van der Waals surface area contributed by atoms with Crippen molar-refractivity contribution in [2.75, 3.05) is 6.54 Å². The van der Waals surface area contributed by atoms with Crippen LogP contribution in [0.1, 0.15) is 25.7 Å². The largest absolute Gasteiger partial charge is 0.464 e. The number of carbonyl (C=O) groups is 1. The predicted octanol–water partition coefficient (Wildman–Crippen LogP) is 2.21. The summed E-state index contributed by atoms with van der Waals surface area (Å²) in [5.74, 6) is 3.89. The smallest absolute Gasteiger partial charge is 0.421 e. The molecule has 3 N–H and O–H groups in total. The second-order valence-corrected chi connectivity index (χ2v) is 4.19. The molecule has 0 aliphatic heterocycles. The van der Waals surface area contributed by atoms with Crippen molar-refractivity contribution in [2.24, 2.45) is 17.7 Å². The van der Waals surface area contributed by atoms with Crippen molar-refractivity contribution in [3.63, 3.8) is 0 Å². The molecule has 1 aliphatic rings. The highest BCUT2D eigenvalue weighted by Crippen LogP contribution is 2.39. The molecule has 0 atom stereocenters. The molecule has 0 radical (unpaired) electrons. The first-order chi connectivity index (χ1) is 7.30. The van der Waals surface area contributed by atoms with Crippen LogP contribution in [0.15, 0.2) is 0 Å². The molecule has 0 aromatic rings. The van der Waals surface area contributed by atoms with Gasteiger partial charge < -0.3 is 5.11 Å².